The molecule has 2 heterocycles. The van der Waals surface area contributed by atoms with Crippen LogP contribution in [0.3, 0.4) is 0 Å². The first-order chi connectivity index (χ1) is 19.3. The van der Waals surface area contributed by atoms with Crippen LogP contribution in [0.15, 0.2) is 66.7 Å². The van der Waals surface area contributed by atoms with Crippen molar-refractivity contribution in [2.45, 2.75) is 32.7 Å². The molecule has 1 saturated heterocycles. The quantitative estimate of drug-likeness (QED) is 0.285. The highest BCUT2D eigenvalue weighted by Crippen LogP contribution is 2.32. The summed E-state index contributed by atoms with van der Waals surface area (Å²) in [5, 5.41) is 12.7. The number of nitrogens with two attached hydrogens (primary N) is 1. The number of carbonyl (C=O) groups is 1. The summed E-state index contributed by atoms with van der Waals surface area (Å²) in [4.78, 5) is 15.6. The van der Waals surface area contributed by atoms with Gasteiger partial charge in [0.05, 0.1) is 30.3 Å². The zero-order valence-electron chi connectivity index (χ0n) is 23.4. The van der Waals surface area contributed by atoms with Gasteiger partial charge in [-0.2, -0.15) is 5.10 Å². The Morgan fingerprint density at radius 2 is 1.77 bits per heavy atom. The fraction of sp³-hybridized carbons (Fsp3) is 0.355. The molecule has 0 atom stereocenters. The van der Waals surface area contributed by atoms with E-state index < -0.39 is 0 Å². The number of carbonyl (C=O) groups excluding carboxylic acids is 1. The zero-order chi connectivity index (χ0) is 28.1. The van der Waals surface area contributed by atoms with Gasteiger partial charge < -0.3 is 20.5 Å². The number of nitrogens with zero attached hydrogens (tertiary/aromatic N) is 3. The van der Waals surface area contributed by atoms with Gasteiger partial charge in [0.2, 0.25) is 0 Å². The van der Waals surface area contributed by atoms with E-state index >= 15 is 0 Å². The van der Waals surface area contributed by atoms with E-state index in [0.717, 1.165) is 66.3 Å². The second-order valence-corrected chi connectivity index (χ2v) is 11.0. The maximum absolute atomic E-state index is 13.3. The Hall–Kier alpha value is -3.92. The van der Waals surface area contributed by atoms with Gasteiger partial charge in [0.15, 0.2) is 0 Å². The highest BCUT2D eigenvalue weighted by atomic mass is 16.5. The van der Waals surface area contributed by atoms with Crippen LogP contribution in [-0.4, -0.2) is 60.2 Å². The number of nitrogens with one attached hydrogen (secondary N) is 2. The monoisotopic (exact) mass is 542 g/mol. The van der Waals surface area contributed by atoms with E-state index in [1.54, 1.807) is 4.68 Å². The van der Waals surface area contributed by atoms with Crippen molar-refractivity contribution in [1.82, 2.24) is 14.7 Å². The van der Waals surface area contributed by atoms with Crippen molar-refractivity contribution in [2.75, 3.05) is 50.1 Å². The van der Waals surface area contributed by atoms with Crippen LogP contribution in [0.5, 0.6) is 5.75 Å². The molecule has 1 fully saturated rings. The van der Waals surface area contributed by atoms with Crippen LogP contribution in [-0.2, 0) is 16.7 Å². The normalized spacial score (nSPS) is 14.3. The highest BCUT2D eigenvalue weighted by Gasteiger charge is 2.22. The second-order valence-electron chi connectivity index (χ2n) is 11.0. The Balaban J connectivity index is 1.34. The third-order valence-electron chi connectivity index (χ3n) is 7.01. The number of ether oxygens (including phenoxy) is 2. The minimum atomic E-state index is -0.359. The first kappa shape index (κ1) is 27.6. The van der Waals surface area contributed by atoms with E-state index in [2.05, 4.69) is 36.3 Å². The molecule has 1 aliphatic heterocycles. The van der Waals surface area contributed by atoms with E-state index in [1.165, 1.54) is 0 Å². The molecule has 0 unspecified atom stereocenters. The zero-order valence-corrected chi connectivity index (χ0v) is 23.4. The maximum atomic E-state index is 13.3. The molecule has 40 heavy (non-hydrogen) atoms. The number of morpholine rings is 1. The summed E-state index contributed by atoms with van der Waals surface area (Å²) < 4.78 is 13.3. The molecule has 9 heteroatoms. The number of hydrogen-bond acceptors (Lipinski definition) is 6. The number of rotatable bonds is 8. The molecule has 0 spiro atoms. The molecule has 9 nitrogen and oxygen atoms in total. The van der Waals surface area contributed by atoms with E-state index in [0.29, 0.717) is 24.7 Å². The lowest BCUT2D eigenvalue weighted by molar-refractivity contribution is 0.0323. The summed E-state index contributed by atoms with van der Waals surface area (Å²) in [6.07, 6.45) is 0. The van der Waals surface area contributed by atoms with E-state index in [1.807, 2.05) is 66.7 Å². The third kappa shape index (κ3) is 6.44. The molecule has 0 saturated carbocycles. The molecular weight excluding hydrogens is 504 g/mol. The highest BCUT2D eigenvalue weighted by molar-refractivity contribution is 6.07. The smallest absolute Gasteiger partial charge is 0.324 e. The molecule has 2 amide bonds. The topological polar surface area (TPSA) is 107 Å². The van der Waals surface area contributed by atoms with Gasteiger partial charge in [0.25, 0.3) is 0 Å². The van der Waals surface area contributed by atoms with Crippen molar-refractivity contribution in [3.63, 3.8) is 0 Å². The van der Waals surface area contributed by atoms with Crippen LogP contribution in [0.25, 0.3) is 16.5 Å². The lowest BCUT2D eigenvalue weighted by atomic mass is 9.92. The molecule has 4 aromatic rings. The molecule has 0 aliphatic carbocycles. The maximum Gasteiger partial charge on any atom is 0.324 e. The lowest BCUT2D eigenvalue weighted by Crippen LogP contribution is -2.38. The van der Waals surface area contributed by atoms with Gasteiger partial charge >= 0.3 is 6.03 Å². The van der Waals surface area contributed by atoms with Crippen LogP contribution >= 0.6 is 0 Å². The van der Waals surface area contributed by atoms with Gasteiger partial charge in [0.1, 0.15) is 18.2 Å². The molecule has 1 aliphatic rings. The standard InChI is InChI=1S/C31H38N6O3/c1-31(2,3)28-20-29(37(35-28)23-8-6-7-22(19-23)21-32)34-30(38)33-26-11-12-27(25-10-5-4-9-24(25)26)40-18-15-36-13-16-39-17-14-36/h4-12,19-20H,13-18,21,32H2,1-3H3,(H2,33,34,38). The van der Waals surface area contributed by atoms with Crippen molar-refractivity contribution in [3.05, 3.63) is 78.0 Å². The fourth-order valence-electron chi connectivity index (χ4n) is 4.73. The molecule has 0 radical (unpaired) electrons. The van der Waals surface area contributed by atoms with Crippen molar-refractivity contribution >= 4 is 28.3 Å². The van der Waals surface area contributed by atoms with Gasteiger partial charge in [-0.05, 0) is 29.8 Å². The largest absolute Gasteiger partial charge is 0.492 e. The minimum absolute atomic E-state index is 0.197. The molecular formula is C31H38N6O3. The average molecular weight is 543 g/mol. The molecule has 4 N–H and O–H groups in total. The van der Waals surface area contributed by atoms with Crippen molar-refractivity contribution in [2.24, 2.45) is 5.73 Å². The Bertz CT molecular complexity index is 1470. The number of hydrogen-bond donors (Lipinski definition) is 3. The van der Waals surface area contributed by atoms with Gasteiger partial charge in [-0.3, -0.25) is 10.2 Å². The summed E-state index contributed by atoms with van der Waals surface area (Å²) in [5.41, 5.74) is 9.05. The van der Waals surface area contributed by atoms with E-state index in [4.69, 9.17) is 20.3 Å². The fourth-order valence-corrected chi connectivity index (χ4v) is 4.73. The lowest BCUT2D eigenvalue weighted by Gasteiger charge is -2.26. The second kappa shape index (κ2) is 12.1. The van der Waals surface area contributed by atoms with E-state index in [9.17, 15) is 4.79 Å². The number of amides is 2. The van der Waals surface area contributed by atoms with Crippen LogP contribution in [0.2, 0.25) is 0 Å². The van der Waals surface area contributed by atoms with Crippen LogP contribution in [0.1, 0.15) is 32.0 Å². The summed E-state index contributed by atoms with van der Waals surface area (Å²) >= 11 is 0. The van der Waals surface area contributed by atoms with Crippen molar-refractivity contribution in [3.8, 4) is 11.4 Å². The minimum Gasteiger partial charge on any atom is -0.492 e. The summed E-state index contributed by atoms with van der Waals surface area (Å²) in [6, 6.07) is 21.1. The Morgan fingerprint density at radius 3 is 2.52 bits per heavy atom. The number of anilines is 2. The SMILES string of the molecule is CC(C)(C)c1cc(NC(=O)Nc2ccc(OCCN3CCOCC3)c3ccccc23)n(-c2cccc(CN)c2)n1. The summed E-state index contributed by atoms with van der Waals surface area (Å²) in [7, 11) is 0. The van der Waals surface area contributed by atoms with Gasteiger partial charge in [-0.1, -0.05) is 57.2 Å². The molecule has 1 aromatic heterocycles. The van der Waals surface area contributed by atoms with Crippen LogP contribution in [0.4, 0.5) is 16.3 Å². The average Bonchev–Trinajstić information content (AvgIpc) is 3.39. The van der Waals surface area contributed by atoms with Gasteiger partial charge in [0, 0.05) is 48.4 Å². The summed E-state index contributed by atoms with van der Waals surface area (Å²) in [6.45, 7) is 11.5. The number of aromatic nitrogens is 2. The predicted molar refractivity (Wildman–Crippen MR) is 159 cm³/mol. The molecule has 210 valence electrons. The third-order valence-corrected chi connectivity index (χ3v) is 7.01. The van der Waals surface area contributed by atoms with E-state index in [-0.39, 0.29) is 11.4 Å². The number of benzene rings is 3. The van der Waals surface area contributed by atoms with Crippen molar-refractivity contribution < 1.29 is 14.3 Å². The Morgan fingerprint density at radius 1 is 1.00 bits per heavy atom. The van der Waals surface area contributed by atoms with Crippen LogP contribution < -0.4 is 21.1 Å². The van der Waals surface area contributed by atoms with Crippen LogP contribution in [0, 0.1) is 0 Å². The first-order valence-corrected chi connectivity index (χ1v) is 13.7. The molecule has 3 aromatic carbocycles. The van der Waals surface area contributed by atoms with Gasteiger partial charge in [-0.25, -0.2) is 9.48 Å². The van der Waals surface area contributed by atoms with Crippen molar-refractivity contribution in [1.29, 1.82) is 0 Å². The number of fused-ring (bicyclic) bond motifs is 1. The first-order valence-electron chi connectivity index (χ1n) is 13.7. The molecule has 0 bridgehead atoms. The predicted octanol–water partition coefficient (Wildman–Crippen LogP) is 5.14. The Labute approximate surface area is 235 Å². The molecule has 5 rings (SSSR count). The van der Waals surface area contributed by atoms with Gasteiger partial charge in [-0.15, -0.1) is 0 Å². The summed E-state index contributed by atoms with van der Waals surface area (Å²) in [5.74, 6) is 1.37. The number of urea groups is 1. The Kier molecular flexibility index (Phi) is 8.35.